The number of aryl methyl sites for hydroxylation is 1. The van der Waals surface area contributed by atoms with Crippen molar-refractivity contribution in [3.8, 4) is 0 Å². The first-order valence-corrected chi connectivity index (χ1v) is 7.70. The first-order valence-electron chi connectivity index (χ1n) is 6.47. The highest BCUT2D eigenvalue weighted by Crippen LogP contribution is 2.19. The summed E-state index contributed by atoms with van der Waals surface area (Å²) in [6, 6.07) is 3.45. The van der Waals surface area contributed by atoms with Crippen molar-refractivity contribution < 1.29 is 4.79 Å². The molecular weight excluding hydrogens is 258 g/mol. The van der Waals surface area contributed by atoms with Crippen molar-refractivity contribution in [2.75, 3.05) is 18.5 Å². The van der Waals surface area contributed by atoms with Crippen LogP contribution in [0.2, 0.25) is 0 Å². The Hall–Kier alpha value is -1.23. The SMILES string of the molecule is CCCc1cc(C(=O)NCC(C)(C)SC)cc(N)n1. The first kappa shape index (κ1) is 15.8. The number of rotatable bonds is 6. The second-order valence-corrected chi connectivity index (χ2v) is 6.68. The Kier molecular flexibility index (Phi) is 5.66. The average molecular weight is 281 g/mol. The number of nitrogens with zero attached hydrogens (tertiary/aromatic N) is 1. The van der Waals surface area contributed by atoms with Gasteiger partial charge in [0.15, 0.2) is 0 Å². The Morgan fingerprint density at radius 2 is 2.16 bits per heavy atom. The fourth-order valence-corrected chi connectivity index (χ4v) is 1.81. The van der Waals surface area contributed by atoms with Gasteiger partial charge in [-0.25, -0.2) is 4.98 Å². The Labute approximate surface area is 119 Å². The maximum Gasteiger partial charge on any atom is 0.251 e. The zero-order chi connectivity index (χ0) is 14.5. The number of nitrogens with two attached hydrogens (primary N) is 1. The maximum absolute atomic E-state index is 12.1. The molecule has 1 heterocycles. The number of thioether (sulfide) groups is 1. The van der Waals surface area contributed by atoms with Crippen LogP contribution >= 0.6 is 11.8 Å². The molecule has 19 heavy (non-hydrogen) atoms. The molecule has 0 bridgehead atoms. The number of pyridine rings is 1. The zero-order valence-electron chi connectivity index (χ0n) is 12.1. The molecule has 0 aliphatic carbocycles. The number of carbonyl (C=O) groups excluding carboxylic acids is 1. The highest BCUT2D eigenvalue weighted by Gasteiger charge is 2.18. The molecular formula is C14H23N3OS. The number of nitrogen functional groups attached to an aromatic ring is 1. The highest BCUT2D eigenvalue weighted by atomic mass is 32.2. The van der Waals surface area contributed by atoms with E-state index in [0.717, 1.165) is 18.5 Å². The third-order valence-corrected chi connectivity index (χ3v) is 4.14. The number of hydrogen-bond acceptors (Lipinski definition) is 4. The standard InChI is InChI=1S/C14H23N3OS/c1-5-6-11-7-10(8-12(15)17-11)13(18)16-9-14(2,3)19-4/h7-8H,5-6,9H2,1-4H3,(H2,15,17)(H,16,18). The summed E-state index contributed by atoms with van der Waals surface area (Å²) in [4.78, 5) is 16.3. The largest absolute Gasteiger partial charge is 0.384 e. The number of amides is 1. The van der Waals surface area contributed by atoms with Crippen molar-refractivity contribution in [2.45, 2.75) is 38.4 Å². The van der Waals surface area contributed by atoms with Crippen molar-refractivity contribution in [2.24, 2.45) is 0 Å². The van der Waals surface area contributed by atoms with Gasteiger partial charge in [0.2, 0.25) is 0 Å². The molecule has 0 fully saturated rings. The zero-order valence-corrected chi connectivity index (χ0v) is 12.9. The molecule has 1 aromatic heterocycles. The van der Waals surface area contributed by atoms with E-state index in [1.807, 2.05) is 12.3 Å². The maximum atomic E-state index is 12.1. The van der Waals surface area contributed by atoms with Gasteiger partial charge in [-0.1, -0.05) is 13.3 Å². The van der Waals surface area contributed by atoms with Gasteiger partial charge in [-0.2, -0.15) is 11.8 Å². The van der Waals surface area contributed by atoms with Gasteiger partial charge < -0.3 is 11.1 Å². The number of nitrogens with one attached hydrogen (secondary N) is 1. The van der Waals surface area contributed by atoms with Crippen LogP contribution in [0.15, 0.2) is 12.1 Å². The molecule has 4 nitrogen and oxygen atoms in total. The molecule has 0 aliphatic rings. The smallest absolute Gasteiger partial charge is 0.251 e. The normalized spacial score (nSPS) is 11.4. The summed E-state index contributed by atoms with van der Waals surface area (Å²) < 4.78 is 0.0283. The van der Waals surface area contributed by atoms with Crippen LogP contribution in [0.1, 0.15) is 43.2 Å². The van der Waals surface area contributed by atoms with Gasteiger partial charge in [0.1, 0.15) is 5.82 Å². The van der Waals surface area contributed by atoms with Crippen molar-refractivity contribution in [1.82, 2.24) is 10.3 Å². The lowest BCUT2D eigenvalue weighted by atomic mass is 10.1. The van der Waals surface area contributed by atoms with Crippen molar-refractivity contribution >= 4 is 23.5 Å². The summed E-state index contributed by atoms with van der Waals surface area (Å²) in [5, 5.41) is 2.94. The lowest BCUT2D eigenvalue weighted by Crippen LogP contribution is -2.36. The minimum Gasteiger partial charge on any atom is -0.384 e. The molecule has 1 aromatic rings. The van der Waals surface area contributed by atoms with Gasteiger partial charge in [-0.05, 0) is 38.7 Å². The van der Waals surface area contributed by atoms with Crippen LogP contribution in [0.25, 0.3) is 0 Å². The lowest BCUT2D eigenvalue weighted by molar-refractivity contribution is 0.0950. The van der Waals surface area contributed by atoms with Crippen molar-refractivity contribution in [1.29, 1.82) is 0 Å². The van der Waals surface area contributed by atoms with Gasteiger partial charge in [-0.15, -0.1) is 0 Å². The molecule has 1 amide bonds. The van der Waals surface area contributed by atoms with Crippen LogP contribution in [0.3, 0.4) is 0 Å². The van der Waals surface area contributed by atoms with Crippen LogP contribution in [-0.4, -0.2) is 28.4 Å². The fraction of sp³-hybridized carbons (Fsp3) is 0.571. The van der Waals surface area contributed by atoms with Crippen LogP contribution < -0.4 is 11.1 Å². The first-order chi connectivity index (χ1) is 8.88. The lowest BCUT2D eigenvalue weighted by Gasteiger charge is -2.22. The summed E-state index contributed by atoms with van der Waals surface area (Å²) in [6.07, 6.45) is 3.86. The van der Waals surface area contributed by atoms with Crippen molar-refractivity contribution in [3.05, 3.63) is 23.4 Å². The monoisotopic (exact) mass is 281 g/mol. The van der Waals surface area contributed by atoms with E-state index in [9.17, 15) is 4.79 Å². The van der Waals surface area contributed by atoms with Crippen molar-refractivity contribution in [3.63, 3.8) is 0 Å². The van der Waals surface area contributed by atoms with Crippen LogP contribution in [0, 0.1) is 0 Å². The predicted octanol–water partition coefficient (Wildman–Crippen LogP) is 2.49. The van der Waals surface area contributed by atoms with Crippen LogP contribution in [0.4, 0.5) is 5.82 Å². The van der Waals surface area contributed by atoms with E-state index in [1.165, 1.54) is 0 Å². The molecule has 3 N–H and O–H groups in total. The highest BCUT2D eigenvalue weighted by molar-refractivity contribution is 7.99. The molecule has 0 aliphatic heterocycles. The summed E-state index contributed by atoms with van der Waals surface area (Å²) in [5.41, 5.74) is 7.20. The summed E-state index contributed by atoms with van der Waals surface area (Å²) >= 11 is 1.73. The third kappa shape index (κ3) is 5.11. The molecule has 0 spiro atoms. The number of hydrogen-bond donors (Lipinski definition) is 2. The summed E-state index contributed by atoms with van der Waals surface area (Å²) in [7, 11) is 0. The Bertz CT molecular complexity index is 446. The van der Waals surface area contributed by atoms with Crippen LogP contribution in [-0.2, 0) is 6.42 Å². The van der Waals surface area contributed by atoms with Gasteiger partial charge >= 0.3 is 0 Å². The van der Waals surface area contributed by atoms with E-state index in [4.69, 9.17) is 5.73 Å². The van der Waals surface area contributed by atoms with E-state index >= 15 is 0 Å². The molecule has 106 valence electrons. The predicted molar refractivity (Wildman–Crippen MR) is 82.6 cm³/mol. The molecule has 0 unspecified atom stereocenters. The number of carbonyl (C=O) groups is 1. The molecule has 0 radical (unpaired) electrons. The second-order valence-electron chi connectivity index (χ2n) is 5.17. The Morgan fingerprint density at radius 3 is 2.74 bits per heavy atom. The number of aromatic nitrogens is 1. The molecule has 0 saturated carbocycles. The Morgan fingerprint density at radius 1 is 1.47 bits per heavy atom. The van der Waals surface area contributed by atoms with Gasteiger partial charge in [-0.3, -0.25) is 4.79 Å². The Balaban J connectivity index is 2.76. The molecule has 0 saturated heterocycles. The summed E-state index contributed by atoms with van der Waals surface area (Å²) in [5.74, 6) is 0.314. The minimum absolute atomic E-state index is 0.0283. The van der Waals surface area contributed by atoms with E-state index in [1.54, 1.807) is 17.8 Å². The van der Waals surface area contributed by atoms with E-state index < -0.39 is 0 Å². The van der Waals surface area contributed by atoms with Crippen LogP contribution in [0.5, 0.6) is 0 Å². The van der Waals surface area contributed by atoms with E-state index in [2.05, 4.69) is 31.1 Å². The van der Waals surface area contributed by atoms with Gasteiger partial charge in [0, 0.05) is 22.5 Å². The van der Waals surface area contributed by atoms with E-state index in [0.29, 0.717) is 17.9 Å². The quantitative estimate of drug-likeness (QED) is 0.840. The number of anilines is 1. The molecule has 1 rings (SSSR count). The molecule has 0 atom stereocenters. The fourth-order valence-electron chi connectivity index (χ4n) is 1.59. The summed E-state index contributed by atoms with van der Waals surface area (Å²) in [6.45, 7) is 6.90. The molecule has 0 aromatic carbocycles. The van der Waals surface area contributed by atoms with E-state index in [-0.39, 0.29) is 10.7 Å². The second kappa shape index (κ2) is 6.80. The molecule has 5 heteroatoms. The minimum atomic E-state index is -0.0893. The third-order valence-electron chi connectivity index (χ3n) is 2.89. The average Bonchev–Trinajstić information content (AvgIpc) is 2.36. The van der Waals surface area contributed by atoms with Gasteiger partial charge in [0.05, 0.1) is 0 Å². The van der Waals surface area contributed by atoms with Gasteiger partial charge in [0.25, 0.3) is 5.91 Å². The topological polar surface area (TPSA) is 68.0 Å².